The van der Waals surface area contributed by atoms with Crippen molar-refractivity contribution < 1.29 is 23.1 Å². The molecule has 0 radical (unpaired) electrons. The number of nitrogens with one attached hydrogen (secondary N) is 1. The van der Waals surface area contributed by atoms with Crippen LogP contribution in [0.25, 0.3) is 0 Å². The molecular formula is C20H23NO5S. The normalized spacial score (nSPS) is 12.6. The molecule has 0 saturated heterocycles. The van der Waals surface area contributed by atoms with Crippen molar-refractivity contribution in [3.05, 3.63) is 65.7 Å². The molecule has 0 saturated carbocycles. The van der Waals surface area contributed by atoms with Crippen LogP contribution in [-0.4, -0.2) is 31.4 Å². The first-order valence-electron chi connectivity index (χ1n) is 8.59. The first-order chi connectivity index (χ1) is 12.7. The summed E-state index contributed by atoms with van der Waals surface area (Å²) in [5.41, 5.74) is 0.688. The smallest absolute Gasteiger partial charge is 0.326 e. The number of sulfone groups is 1. The van der Waals surface area contributed by atoms with E-state index in [1.54, 1.807) is 30.3 Å². The minimum absolute atomic E-state index is 0.105. The van der Waals surface area contributed by atoms with Gasteiger partial charge < -0.3 is 10.4 Å². The summed E-state index contributed by atoms with van der Waals surface area (Å²) in [7, 11) is -3.53. The molecule has 6 nitrogen and oxygen atoms in total. The van der Waals surface area contributed by atoms with Crippen molar-refractivity contribution in [1.82, 2.24) is 5.32 Å². The standard InChI is InChI=1S/C20H23NO5S/c1-14(2)11-18(20(23)24)21-19(22)16-8-6-7-15(12-16)13-27(25,26)17-9-4-3-5-10-17/h3-10,12,14,18H,11,13H2,1-2H3,(H,21,22)(H,23,24)/t18-/m1/s1. The summed E-state index contributed by atoms with van der Waals surface area (Å²) < 4.78 is 25.0. The number of carboxylic acids is 1. The number of benzene rings is 2. The van der Waals surface area contributed by atoms with Crippen molar-refractivity contribution in [2.75, 3.05) is 0 Å². The molecule has 7 heteroatoms. The highest BCUT2D eigenvalue weighted by atomic mass is 32.2. The van der Waals surface area contributed by atoms with Crippen molar-refractivity contribution in [3.8, 4) is 0 Å². The summed E-state index contributed by atoms with van der Waals surface area (Å²) in [6, 6.07) is 13.3. The molecule has 1 atom stereocenters. The van der Waals surface area contributed by atoms with Gasteiger partial charge in [0.05, 0.1) is 10.6 Å². The molecular weight excluding hydrogens is 366 g/mol. The number of carbonyl (C=O) groups excluding carboxylic acids is 1. The fraction of sp³-hybridized carbons (Fsp3) is 0.300. The van der Waals surface area contributed by atoms with Crippen molar-refractivity contribution in [3.63, 3.8) is 0 Å². The summed E-state index contributed by atoms with van der Waals surface area (Å²) in [6.07, 6.45) is 0.309. The summed E-state index contributed by atoms with van der Waals surface area (Å²) in [5.74, 6) is -1.78. The van der Waals surface area contributed by atoms with Gasteiger partial charge in [0.2, 0.25) is 0 Å². The number of carbonyl (C=O) groups is 2. The van der Waals surface area contributed by atoms with Crippen LogP contribution in [0.3, 0.4) is 0 Å². The Labute approximate surface area is 159 Å². The zero-order chi connectivity index (χ0) is 20.0. The Balaban J connectivity index is 2.17. The van der Waals surface area contributed by atoms with Crippen LogP contribution in [-0.2, 0) is 20.4 Å². The topological polar surface area (TPSA) is 101 Å². The second kappa shape index (κ2) is 8.81. The number of carboxylic acid groups (broad SMARTS) is 1. The van der Waals surface area contributed by atoms with E-state index in [2.05, 4.69) is 5.32 Å². The molecule has 0 aromatic heterocycles. The van der Waals surface area contributed by atoms with Crippen LogP contribution in [0.2, 0.25) is 0 Å². The Morgan fingerprint density at radius 3 is 2.30 bits per heavy atom. The van der Waals surface area contributed by atoms with E-state index in [4.69, 9.17) is 0 Å². The fourth-order valence-electron chi connectivity index (χ4n) is 2.67. The monoisotopic (exact) mass is 389 g/mol. The van der Waals surface area contributed by atoms with E-state index in [1.165, 1.54) is 24.3 Å². The zero-order valence-electron chi connectivity index (χ0n) is 15.3. The number of hydrogen-bond donors (Lipinski definition) is 2. The number of aliphatic carboxylic acids is 1. The van der Waals surface area contributed by atoms with E-state index >= 15 is 0 Å². The Morgan fingerprint density at radius 2 is 1.70 bits per heavy atom. The van der Waals surface area contributed by atoms with Crippen LogP contribution in [0.15, 0.2) is 59.5 Å². The lowest BCUT2D eigenvalue weighted by atomic mass is 10.0. The van der Waals surface area contributed by atoms with Crippen LogP contribution in [0, 0.1) is 5.92 Å². The van der Waals surface area contributed by atoms with E-state index < -0.39 is 27.8 Å². The highest BCUT2D eigenvalue weighted by Crippen LogP contribution is 2.17. The average Bonchev–Trinajstić information content (AvgIpc) is 2.61. The van der Waals surface area contributed by atoms with Crippen molar-refractivity contribution in [1.29, 1.82) is 0 Å². The minimum Gasteiger partial charge on any atom is -0.480 e. The van der Waals surface area contributed by atoms with Gasteiger partial charge in [-0.05, 0) is 42.2 Å². The summed E-state index contributed by atoms with van der Waals surface area (Å²) in [6.45, 7) is 3.74. The summed E-state index contributed by atoms with van der Waals surface area (Å²) in [4.78, 5) is 23.9. The van der Waals surface area contributed by atoms with Gasteiger partial charge in [0.25, 0.3) is 5.91 Å². The first kappa shape index (κ1) is 20.6. The van der Waals surface area contributed by atoms with Gasteiger partial charge in [0.1, 0.15) is 6.04 Å². The fourth-order valence-corrected chi connectivity index (χ4v) is 4.02. The maximum absolute atomic E-state index is 12.5. The third-order valence-electron chi connectivity index (χ3n) is 3.96. The van der Waals surface area contributed by atoms with Gasteiger partial charge >= 0.3 is 5.97 Å². The largest absolute Gasteiger partial charge is 0.480 e. The van der Waals surface area contributed by atoms with E-state index in [-0.39, 0.29) is 22.1 Å². The molecule has 0 aliphatic carbocycles. The molecule has 2 aromatic rings. The Morgan fingerprint density at radius 1 is 1.04 bits per heavy atom. The zero-order valence-corrected chi connectivity index (χ0v) is 16.1. The van der Waals surface area contributed by atoms with Crippen LogP contribution in [0.5, 0.6) is 0 Å². The van der Waals surface area contributed by atoms with Crippen molar-refractivity contribution in [2.45, 2.75) is 37.0 Å². The predicted molar refractivity (Wildman–Crippen MR) is 102 cm³/mol. The molecule has 2 N–H and O–H groups in total. The van der Waals surface area contributed by atoms with E-state index in [0.29, 0.717) is 12.0 Å². The van der Waals surface area contributed by atoms with Gasteiger partial charge in [-0.3, -0.25) is 4.79 Å². The van der Waals surface area contributed by atoms with Gasteiger partial charge in [-0.15, -0.1) is 0 Å². The van der Waals surface area contributed by atoms with Gasteiger partial charge in [-0.25, -0.2) is 13.2 Å². The van der Waals surface area contributed by atoms with Gasteiger partial charge in [0, 0.05) is 5.56 Å². The molecule has 1 amide bonds. The van der Waals surface area contributed by atoms with Crippen LogP contribution in [0.4, 0.5) is 0 Å². The maximum Gasteiger partial charge on any atom is 0.326 e. The molecule has 0 spiro atoms. The second-order valence-corrected chi connectivity index (χ2v) is 8.76. The molecule has 0 fully saturated rings. The quantitative estimate of drug-likeness (QED) is 0.723. The first-order valence-corrected chi connectivity index (χ1v) is 10.2. The third kappa shape index (κ3) is 5.92. The summed E-state index contributed by atoms with van der Waals surface area (Å²) in [5, 5.41) is 11.8. The molecule has 0 heterocycles. The van der Waals surface area contributed by atoms with Crippen molar-refractivity contribution >= 4 is 21.7 Å². The number of hydrogen-bond acceptors (Lipinski definition) is 4. The Kier molecular flexibility index (Phi) is 6.74. The van der Waals surface area contributed by atoms with Gasteiger partial charge in [0.15, 0.2) is 9.84 Å². The molecule has 144 valence electrons. The maximum atomic E-state index is 12.5. The number of rotatable bonds is 8. The van der Waals surface area contributed by atoms with E-state index in [9.17, 15) is 23.1 Å². The van der Waals surface area contributed by atoms with Crippen LogP contribution in [0.1, 0.15) is 36.2 Å². The third-order valence-corrected chi connectivity index (χ3v) is 5.66. The molecule has 0 aliphatic rings. The SMILES string of the molecule is CC(C)C[C@@H](NC(=O)c1cccc(CS(=O)(=O)c2ccccc2)c1)C(=O)O. The van der Waals surface area contributed by atoms with Gasteiger partial charge in [-0.1, -0.05) is 44.2 Å². The Bertz CT molecular complexity index is 907. The average molecular weight is 389 g/mol. The lowest BCUT2D eigenvalue weighted by Crippen LogP contribution is -2.41. The number of amides is 1. The van der Waals surface area contributed by atoms with Gasteiger partial charge in [-0.2, -0.15) is 0 Å². The molecule has 0 aliphatic heterocycles. The van der Waals surface area contributed by atoms with Crippen LogP contribution < -0.4 is 5.32 Å². The molecule has 2 rings (SSSR count). The van der Waals surface area contributed by atoms with Crippen molar-refractivity contribution in [2.24, 2.45) is 5.92 Å². The van der Waals surface area contributed by atoms with E-state index in [0.717, 1.165) is 0 Å². The highest BCUT2D eigenvalue weighted by Gasteiger charge is 2.22. The summed E-state index contributed by atoms with van der Waals surface area (Å²) >= 11 is 0. The van der Waals surface area contributed by atoms with E-state index in [1.807, 2.05) is 13.8 Å². The molecule has 0 unspecified atom stereocenters. The molecule has 0 bridgehead atoms. The molecule has 27 heavy (non-hydrogen) atoms. The van der Waals surface area contributed by atoms with Crippen LogP contribution >= 0.6 is 0 Å². The lowest BCUT2D eigenvalue weighted by molar-refractivity contribution is -0.139. The second-order valence-electron chi connectivity index (χ2n) is 6.77. The predicted octanol–water partition coefficient (Wildman–Crippen LogP) is 2.89. The Hall–Kier alpha value is -2.67. The molecule has 2 aromatic carbocycles. The minimum atomic E-state index is -3.53. The lowest BCUT2D eigenvalue weighted by Gasteiger charge is -2.16. The highest BCUT2D eigenvalue weighted by molar-refractivity contribution is 7.90.